The fourth-order valence-corrected chi connectivity index (χ4v) is 1.74. The topological polar surface area (TPSA) is 68.2 Å². The quantitative estimate of drug-likeness (QED) is 0.726. The molecule has 2 N–H and O–H groups in total. The Morgan fingerprint density at radius 1 is 1.14 bits per heavy atom. The van der Waals surface area contributed by atoms with Crippen LogP contribution in [0.2, 0.25) is 0 Å². The molecule has 1 aromatic carbocycles. The van der Waals surface area contributed by atoms with Crippen LogP contribution in [0.5, 0.6) is 5.75 Å². The Balaban J connectivity index is 2.39. The lowest BCUT2D eigenvalue weighted by molar-refractivity contribution is -0.0423. The molecule has 0 fully saturated rings. The molecule has 0 aromatic heterocycles. The average Bonchev–Trinajstić information content (AvgIpc) is 2.43. The van der Waals surface area contributed by atoms with Crippen LogP contribution in [-0.4, -0.2) is 49.4 Å². The van der Waals surface area contributed by atoms with Gasteiger partial charge >= 0.3 is 0 Å². The fraction of sp³-hybridized carbons (Fsp3) is 0.600. The van der Waals surface area contributed by atoms with Crippen LogP contribution < -0.4 is 4.74 Å². The number of hydrogen-bond donors (Lipinski definition) is 2. The van der Waals surface area contributed by atoms with Gasteiger partial charge in [0.15, 0.2) is 0 Å². The van der Waals surface area contributed by atoms with Crippen LogP contribution in [0.15, 0.2) is 18.2 Å². The van der Waals surface area contributed by atoms with Crippen LogP contribution in [0.4, 0.5) is 4.39 Å². The summed E-state index contributed by atoms with van der Waals surface area (Å²) >= 11 is 0. The third kappa shape index (κ3) is 6.39. The van der Waals surface area contributed by atoms with Crippen LogP contribution >= 0.6 is 0 Å². The molecule has 0 spiro atoms. The largest absolute Gasteiger partial charge is 0.491 e. The second kappa shape index (κ2) is 8.94. The maximum Gasteiger partial charge on any atom is 0.132 e. The third-order valence-electron chi connectivity index (χ3n) is 2.84. The van der Waals surface area contributed by atoms with Gasteiger partial charge in [-0.15, -0.1) is 0 Å². The highest BCUT2D eigenvalue weighted by Gasteiger charge is 2.12. The normalized spacial score (nSPS) is 15.5. The molecule has 0 heterocycles. The summed E-state index contributed by atoms with van der Waals surface area (Å²) in [4.78, 5) is 0. The van der Waals surface area contributed by atoms with E-state index >= 15 is 0 Å². The number of aliphatic hydroxyl groups is 2. The summed E-state index contributed by atoms with van der Waals surface area (Å²) in [6, 6.07) is 4.19. The molecule has 1 rings (SSSR count). The number of benzene rings is 1. The van der Waals surface area contributed by atoms with Crippen molar-refractivity contribution in [3.8, 4) is 5.75 Å². The van der Waals surface area contributed by atoms with Gasteiger partial charge in [0.1, 0.15) is 24.3 Å². The molecule has 2 unspecified atom stereocenters. The highest BCUT2D eigenvalue weighted by molar-refractivity contribution is 5.30. The highest BCUT2D eigenvalue weighted by Crippen LogP contribution is 2.21. The zero-order chi connectivity index (χ0) is 15.8. The van der Waals surface area contributed by atoms with E-state index in [4.69, 9.17) is 14.2 Å². The molecule has 5 nitrogen and oxygen atoms in total. The number of halogens is 1. The van der Waals surface area contributed by atoms with E-state index in [9.17, 15) is 14.6 Å². The SMILES string of the molecule is COCC(C)OCC(O)COc1ccc([C@@H](C)O)c(F)c1. The number of hydrogen-bond acceptors (Lipinski definition) is 5. The fourth-order valence-electron chi connectivity index (χ4n) is 1.74. The molecule has 0 bridgehead atoms. The molecule has 1 aromatic rings. The molecule has 3 atom stereocenters. The first-order valence-electron chi connectivity index (χ1n) is 6.83. The summed E-state index contributed by atoms with van der Waals surface area (Å²) in [5.41, 5.74) is 0.208. The summed E-state index contributed by atoms with van der Waals surface area (Å²) in [6.07, 6.45) is -1.81. The second-order valence-corrected chi connectivity index (χ2v) is 4.92. The first-order valence-corrected chi connectivity index (χ1v) is 6.83. The molecule has 0 saturated carbocycles. The Morgan fingerprint density at radius 2 is 1.86 bits per heavy atom. The number of rotatable bonds is 9. The van der Waals surface area contributed by atoms with E-state index in [1.807, 2.05) is 6.92 Å². The van der Waals surface area contributed by atoms with Gasteiger partial charge in [0, 0.05) is 18.7 Å². The lowest BCUT2D eigenvalue weighted by Crippen LogP contribution is -2.27. The van der Waals surface area contributed by atoms with Gasteiger partial charge in [0.2, 0.25) is 0 Å². The second-order valence-electron chi connectivity index (χ2n) is 4.92. The van der Waals surface area contributed by atoms with Crippen molar-refractivity contribution in [3.63, 3.8) is 0 Å². The first-order chi connectivity index (χ1) is 9.93. The van der Waals surface area contributed by atoms with Crippen molar-refractivity contribution in [1.29, 1.82) is 0 Å². The monoisotopic (exact) mass is 302 g/mol. The molecular formula is C15H23FO5. The van der Waals surface area contributed by atoms with Crippen LogP contribution in [0.3, 0.4) is 0 Å². The van der Waals surface area contributed by atoms with E-state index in [0.29, 0.717) is 12.4 Å². The number of ether oxygens (including phenoxy) is 3. The minimum Gasteiger partial charge on any atom is -0.491 e. The van der Waals surface area contributed by atoms with Crippen molar-refractivity contribution in [2.75, 3.05) is 26.9 Å². The molecule has 0 aliphatic carbocycles. The van der Waals surface area contributed by atoms with Crippen molar-refractivity contribution in [2.24, 2.45) is 0 Å². The molecule has 0 radical (unpaired) electrons. The zero-order valence-electron chi connectivity index (χ0n) is 12.6. The van der Waals surface area contributed by atoms with E-state index in [1.165, 1.54) is 19.1 Å². The van der Waals surface area contributed by atoms with Gasteiger partial charge in [0.05, 0.1) is 25.4 Å². The zero-order valence-corrected chi connectivity index (χ0v) is 12.6. The molecule has 21 heavy (non-hydrogen) atoms. The predicted octanol–water partition coefficient (Wildman–Crippen LogP) is 1.67. The molecule has 6 heteroatoms. The van der Waals surface area contributed by atoms with Crippen molar-refractivity contribution in [3.05, 3.63) is 29.6 Å². The standard InChI is InChI=1S/C15H23FO5/c1-10(7-19-3)20-8-12(18)9-21-13-4-5-14(11(2)17)15(16)6-13/h4-6,10-12,17-18H,7-9H2,1-3H3/t10?,11-,12?/m1/s1. The Morgan fingerprint density at radius 3 is 2.43 bits per heavy atom. The molecule has 0 saturated heterocycles. The third-order valence-corrected chi connectivity index (χ3v) is 2.84. The van der Waals surface area contributed by atoms with E-state index in [1.54, 1.807) is 13.2 Å². The van der Waals surface area contributed by atoms with E-state index < -0.39 is 18.0 Å². The Kier molecular flexibility index (Phi) is 7.60. The van der Waals surface area contributed by atoms with Crippen LogP contribution in [0.25, 0.3) is 0 Å². The van der Waals surface area contributed by atoms with Gasteiger partial charge in [-0.3, -0.25) is 0 Å². The maximum atomic E-state index is 13.6. The smallest absolute Gasteiger partial charge is 0.132 e. The molecule has 0 aliphatic heterocycles. The Labute approximate surface area is 124 Å². The van der Waals surface area contributed by atoms with Gasteiger partial charge < -0.3 is 24.4 Å². The predicted molar refractivity (Wildman–Crippen MR) is 75.8 cm³/mol. The molecule has 120 valence electrons. The summed E-state index contributed by atoms with van der Waals surface area (Å²) in [5.74, 6) is -0.247. The van der Waals surface area contributed by atoms with Crippen molar-refractivity contribution in [1.82, 2.24) is 0 Å². The minimum atomic E-state index is -0.875. The Bertz CT molecular complexity index is 425. The van der Waals surface area contributed by atoms with Crippen molar-refractivity contribution in [2.45, 2.75) is 32.2 Å². The van der Waals surface area contributed by atoms with Gasteiger partial charge in [-0.05, 0) is 26.0 Å². The number of methoxy groups -OCH3 is 1. The molecule has 0 amide bonds. The van der Waals surface area contributed by atoms with Gasteiger partial charge in [-0.25, -0.2) is 4.39 Å². The average molecular weight is 302 g/mol. The van der Waals surface area contributed by atoms with Gasteiger partial charge in [0.25, 0.3) is 0 Å². The summed E-state index contributed by atoms with van der Waals surface area (Å²) in [6.45, 7) is 3.87. The minimum absolute atomic E-state index is 0.00678. The Hall–Kier alpha value is -1.21. The van der Waals surface area contributed by atoms with Crippen molar-refractivity contribution < 1.29 is 28.8 Å². The maximum absolute atomic E-state index is 13.6. The highest BCUT2D eigenvalue weighted by atomic mass is 19.1. The lowest BCUT2D eigenvalue weighted by atomic mass is 10.1. The van der Waals surface area contributed by atoms with Crippen LogP contribution in [-0.2, 0) is 9.47 Å². The lowest BCUT2D eigenvalue weighted by Gasteiger charge is -2.16. The first kappa shape index (κ1) is 17.8. The summed E-state index contributed by atoms with van der Waals surface area (Å²) in [7, 11) is 1.57. The van der Waals surface area contributed by atoms with E-state index in [0.717, 1.165) is 0 Å². The molecule has 0 aliphatic rings. The summed E-state index contributed by atoms with van der Waals surface area (Å²) in [5, 5.41) is 19.0. The van der Waals surface area contributed by atoms with Gasteiger partial charge in [-0.2, -0.15) is 0 Å². The number of aliphatic hydroxyl groups excluding tert-OH is 2. The van der Waals surface area contributed by atoms with Gasteiger partial charge in [-0.1, -0.05) is 0 Å². The molecular weight excluding hydrogens is 279 g/mol. The van der Waals surface area contributed by atoms with E-state index in [-0.39, 0.29) is 24.9 Å². The van der Waals surface area contributed by atoms with Crippen LogP contribution in [0, 0.1) is 5.82 Å². The van der Waals surface area contributed by atoms with Crippen molar-refractivity contribution >= 4 is 0 Å². The van der Waals surface area contributed by atoms with E-state index in [2.05, 4.69) is 0 Å². The van der Waals surface area contributed by atoms with Crippen LogP contribution in [0.1, 0.15) is 25.5 Å². The summed E-state index contributed by atoms with van der Waals surface area (Å²) < 4.78 is 29.2.